The maximum Gasteiger partial charge on any atom is 0.254 e. The molecule has 1 heterocycles. The zero-order chi connectivity index (χ0) is 16.8. The van der Waals surface area contributed by atoms with Crippen LogP contribution in [0, 0.1) is 6.92 Å². The molecular formula is C16H19N3O3S. The molecule has 0 radical (unpaired) electrons. The Morgan fingerprint density at radius 3 is 2.87 bits per heavy atom. The van der Waals surface area contributed by atoms with Crippen LogP contribution in [0.2, 0.25) is 0 Å². The summed E-state index contributed by atoms with van der Waals surface area (Å²) in [5, 5.41) is 3.37. The number of rotatable bonds is 6. The van der Waals surface area contributed by atoms with E-state index in [4.69, 9.17) is 4.74 Å². The molecule has 0 spiro atoms. The van der Waals surface area contributed by atoms with Crippen molar-refractivity contribution in [3.8, 4) is 5.75 Å². The van der Waals surface area contributed by atoms with Crippen molar-refractivity contribution in [2.45, 2.75) is 24.9 Å². The predicted octanol–water partition coefficient (Wildman–Crippen LogP) is 2.38. The molecule has 0 saturated carbocycles. The highest BCUT2D eigenvalue weighted by molar-refractivity contribution is 7.98. The Morgan fingerprint density at radius 2 is 2.22 bits per heavy atom. The van der Waals surface area contributed by atoms with E-state index in [2.05, 4.69) is 15.3 Å². The van der Waals surface area contributed by atoms with Crippen LogP contribution in [0.4, 0.5) is 5.69 Å². The molecule has 2 rings (SSSR count). The summed E-state index contributed by atoms with van der Waals surface area (Å²) in [6.07, 6.45) is 2.40. The number of anilines is 1. The Kier molecular flexibility index (Phi) is 5.81. The predicted molar refractivity (Wildman–Crippen MR) is 91.3 cm³/mol. The topological polar surface area (TPSA) is 84.1 Å². The van der Waals surface area contributed by atoms with Gasteiger partial charge in [0, 0.05) is 29.4 Å². The summed E-state index contributed by atoms with van der Waals surface area (Å²) in [4.78, 5) is 31.1. The molecule has 0 saturated heterocycles. The number of benzene rings is 1. The quantitative estimate of drug-likeness (QED) is 0.626. The maximum atomic E-state index is 12.0. The molecule has 7 heteroatoms. The Labute approximate surface area is 138 Å². The van der Waals surface area contributed by atoms with E-state index in [1.807, 2.05) is 6.26 Å². The third kappa shape index (κ3) is 4.59. The Balaban J connectivity index is 2.00. The van der Waals surface area contributed by atoms with Gasteiger partial charge in [0.2, 0.25) is 5.91 Å². The zero-order valence-corrected chi connectivity index (χ0v) is 14.1. The number of hydrogen-bond donors (Lipinski definition) is 2. The highest BCUT2D eigenvalue weighted by atomic mass is 32.2. The van der Waals surface area contributed by atoms with Gasteiger partial charge in [-0.3, -0.25) is 9.59 Å². The molecule has 0 atom stereocenters. The number of aryl methyl sites for hydroxylation is 1. The van der Waals surface area contributed by atoms with E-state index in [1.165, 1.54) is 11.8 Å². The number of aromatic amines is 1. The van der Waals surface area contributed by atoms with Crippen molar-refractivity contribution in [1.82, 2.24) is 9.97 Å². The second-order valence-electron chi connectivity index (χ2n) is 4.92. The highest BCUT2D eigenvalue weighted by Gasteiger charge is 2.11. The van der Waals surface area contributed by atoms with Crippen LogP contribution in [-0.2, 0) is 11.2 Å². The van der Waals surface area contributed by atoms with Crippen LogP contribution in [0.25, 0.3) is 0 Å². The Hall–Kier alpha value is -2.28. The molecule has 23 heavy (non-hydrogen) atoms. The number of nitrogens with one attached hydrogen (secondary N) is 2. The summed E-state index contributed by atoms with van der Waals surface area (Å²) in [6, 6.07) is 7.13. The molecule has 1 amide bonds. The third-order valence-electron chi connectivity index (χ3n) is 3.35. The van der Waals surface area contributed by atoms with Crippen molar-refractivity contribution in [1.29, 1.82) is 0 Å². The van der Waals surface area contributed by atoms with Crippen molar-refractivity contribution in [2.24, 2.45) is 0 Å². The largest absolute Gasteiger partial charge is 0.497 e. The van der Waals surface area contributed by atoms with Gasteiger partial charge < -0.3 is 15.0 Å². The second kappa shape index (κ2) is 7.82. The number of aromatic nitrogens is 2. The van der Waals surface area contributed by atoms with E-state index in [1.54, 1.807) is 38.3 Å². The first-order chi connectivity index (χ1) is 11.0. The van der Waals surface area contributed by atoms with Gasteiger partial charge in [0.15, 0.2) is 5.16 Å². The Bertz CT molecular complexity index is 758. The normalized spacial score (nSPS) is 10.4. The lowest BCUT2D eigenvalue weighted by atomic mass is 10.1. The van der Waals surface area contributed by atoms with Gasteiger partial charge in [0.05, 0.1) is 7.11 Å². The van der Waals surface area contributed by atoms with E-state index in [9.17, 15) is 9.59 Å². The zero-order valence-electron chi connectivity index (χ0n) is 13.3. The minimum absolute atomic E-state index is 0.161. The number of carbonyl (C=O) groups excluding carboxylic acids is 1. The summed E-state index contributed by atoms with van der Waals surface area (Å²) in [6.45, 7) is 1.78. The summed E-state index contributed by atoms with van der Waals surface area (Å²) in [7, 11) is 1.57. The first-order valence-corrected chi connectivity index (χ1v) is 8.33. The third-order valence-corrected chi connectivity index (χ3v) is 3.93. The lowest BCUT2D eigenvalue weighted by Crippen LogP contribution is -2.20. The van der Waals surface area contributed by atoms with Crippen molar-refractivity contribution >= 4 is 23.4 Å². The minimum Gasteiger partial charge on any atom is -0.497 e. The first kappa shape index (κ1) is 17.1. The maximum absolute atomic E-state index is 12.0. The average molecular weight is 333 g/mol. The molecule has 0 bridgehead atoms. The number of hydrogen-bond acceptors (Lipinski definition) is 5. The van der Waals surface area contributed by atoms with Gasteiger partial charge >= 0.3 is 0 Å². The SMILES string of the molecule is COc1cccc(NC(=O)CCc2c(C)nc(SC)[nH]c2=O)c1. The molecule has 0 aliphatic carbocycles. The number of H-pyrrole nitrogens is 1. The van der Waals surface area contributed by atoms with E-state index < -0.39 is 0 Å². The van der Waals surface area contributed by atoms with Crippen LogP contribution in [0.1, 0.15) is 17.7 Å². The number of ether oxygens (including phenoxy) is 1. The van der Waals surface area contributed by atoms with Crippen LogP contribution in [-0.4, -0.2) is 29.2 Å². The molecule has 2 aromatic rings. The van der Waals surface area contributed by atoms with Crippen molar-refractivity contribution in [2.75, 3.05) is 18.7 Å². The molecule has 2 N–H and O–H groups in total. The van der Waals surface area contributed by atoms with Crippen LogP contribution < -0.4 is 15.6 Å². The molecule has 0 unspecified atom stereocenters. The standard InChI is InChI=1S/C16H19N3O3S/c1-10-13(15(21)19-16(17-10)23-3)7-8-14(20)18-11-5-4-6-12(9-11)22-2/h4-6,9H,7-8H2,1-3H3,(H,18,20)(H,17,19,21). The fraction of sp³-hybridized carbons (Fsp3) is 0.312. The van der Waals surface area contributed by atoms with Gasteiger partial charge in [-0.1, -0.05) is 17.8 Å². The number of amides is 1. The van der Waals surface area contributed by atoms with Crippen molar-refractivity contribution < 1.29 is 9.53 Å². The average Bonchev–Trinajstić information content (AvgIpc) is 2.54. The second-order valence-corrected chi connectivity index (χ2v) is 5.71. The van der Waals surface area contributed by atoms with Crippen LogP contribution >= 0.6 is 11.8 Å². The fourth-order valence-electron chi connectivity index (χ4n) is 2.14. The Morgan fingerprint density at radius 1 is 1.43 bits per heavy atom. The molecule has 1 aromatic carbocycles. The number of thioether (sulfide) groups is 1. The smallest absolute Gasteiger partial charge is 0.254 e. The number of methoxy groups -OCH3 is 1. The molecule has 122 valence electrons. The lowest BCUT2D eigenvalue weighted by molar-refractivity contribution is -0.116. The van der Waals surface area contributed by atoms with Crippen LogP contribution in [0.5, 0.6) is 5.75 Å². The van der Waals surface area contributed by atoms with E-state index in [-0.39, 0.29) is 17.9 Å². The molecular weight excluding hydrogens is 314 g/mol. The highest BCUT2D eigenvalue weighted by Crippen LogP contribution is 2.17. The first-order valence-electron chi connectivity index (χ1n) is 7.11. The fourth-order valence-corrected chi connectivity index (χ4v) is 2.56. The van der Waals surface area contributed by atoms with Gasteiger partial charge in [0.1, 0.15) is 5.75 Å². The molecule has 0 aliphatic heterocycles. The van der Waals surface area contributed by atoms with Gasteiger partial charge in [0.25, 0.3) is 5.56 Å². The van der Waals surface area contributed by atoms with Gasteiger partial charge in [-0.05, 0) is 31.7 Å². The summed E-state index contributed by atoms with van der Waals surface area (Å²) < 4.78 is 5.11. The monoisotopic (exact) mass is 333 g/mol. The van der Waals surface area contributed by atoms with E-state index in [0.717, 1.165) is 0 Å². The molecule has 0 fully saturated rings. The van der Waals surface area contributed by atoms with E-state index in [0.29, 0.717) is 34.3 Å². The van der Waals surface area contributed by atoms with Crippen molar-refractivity contribution in [3.63, 3.8) is 0 Å². The van der Waals surface area contributed by atoms with Crippen molar-refractivity contribution in [3.05, 3.63) is 45.9 Å². The minimum atomic E-state index is -0.184. The number of carbonyl (C=O) groups is 1. The van der Waals surface area contributed by atoms with Gasteiger partial charge in [-0.2, -0.15) is 0 Å². The van der Waals surface area contributed by atoms with Crippen LogP contribution in [0.3, 0.4) is 0 Å². The molecule has 0 aliphatic rings. The molecule has 1 aromatic heterocycles. The van der Waals surface area contributed by atoms with Gasteiger partial charge in [-0.25, -0.2) is 4.98 Å². The summed E-state index contributed by atoms with van der Waals surface area (Å²) in [5.74, 6) is 0.512. The summed E-state index contributed by atoms with van der Waals surface area (Å²) >= 11 is 1.38. The summed E-state index contributed by atoms with van der Waals surface area (Å²) in [5.41, 5.74) is 1.68. The van der Waals surface area contributed by atoms with E-state index >= 15 is 0 Å². The number of nitrogens with zero attached hydrogens (tertiary/aromatic N) is 1. The van der Waals surface area contributed by atoms with Crippen LogP contribution in [0.15, 0.2) is 34.2 Å². The lowest BCUT2D eigenvalue weighted by Gasteiger charge is -2.08. The van der Waals surface area contributed by atoms with Gasteiger partial charge in [-0.15, -0.1) is 0 Å². The molecule has 6 nitrogen and oxygen atoms in total.